The molecule has 1 amide bonds. The Hall–Kier alpha value is -2.79. The third-order valence-electron chi connectivity index (χ3n) is 9.24. The van der Waals surface area contributed by atoms with Crippen molar-refractivity contribution < 1.29 is 39.2 Å². The van der Waals surface area contributed by atoms with Crippen LogP contribution in [-0.4, -0.2) is 89.8 Å². The fraction of sp³-hybridized carbons (Fsp3) is 0.647. The van der Waals surface area contributed by atoms with Gasteiger partial charge in [0.2, 0.25) is 5.79 Å². The zero-order valence-electron chi connectivity index (χ0n) is 26.5. The largest absolute Gasteiger partial charge is 0.508 e. The van der Waals surface area contributed by atoms with E-state index >= 15 is 0 Å². The van der Waals surface area contributed by atoms with Crippen molar-refractivity contribution in [3.8, 4) is 11.5 Å². The van der Waals surface area contributed by atoms with Crippen LogP contribution >= 0.6 is 11.6 Å². The molecule has 2 aliphatic carbocycles. The predicted octanol–water partition coefficient (Wildman–Crippen LogP) is 5.74. The van der Waals surface area contributed by atoms with Crippen LogP contribution in [0.4, 0.5) is 4.79 Å². The molecule has 6 unspecified atom stereocenters. The summed E-state index contributed by atoms with van der Waals surface area (Å²) < 4.78 is 19.3. The number of carbonyl (C=O) groups is 1. The monoisotopic (exact) mass is 648 g/mol. The number of hydrogen-bond donors (Lipinski definition) is 3. The molecule has 0 saturated heterocycles. The number of oxime groups is 1. The first-order chi connectivity index (χ1) is 21.9. The third kappa shape index (κ3) is 7.45. The number of alkyl halides is 1. The second-order valence-electron chi connectivity index (χ2n) is 12.0. The van der Waals surface area contributed by atoms with Crippen LogP contribution in [0.1, 0.15) is 69.8 Å². The Balaban J connectivity index is 1.99. The Morgan fingerprint density at radius 3 is 2.64 bits per heavy atom. The van der Waals surface area contributed by atoms with Gasteiger partial charge in [-0.15, -0.1) is 18.2 Å². The maximum Gasteiger partial charge on any atom is 0.410 e. The van der Waals surface area contributed by atoms with Crippen molar-refractivity contribution in [2.24, 2.45) is 22.9 Å². The highest BCUT2D eigenvalue weighted by Gasteiger charge is 2.65. The van der Waals surface area contributed by atoms with Gasteiger partial charge in [0, 0.05) is 37.7 Å². The average Bonchev–Trinajstić information content (AvgIpc) is 3.04. The molecule has 10 nitrogen and oxygen atoms in total. The SMILES string of the molecule is C=CCOC12Oc3ccc(O)cc3C3C(CCCCO)C(CCCCO)C=C(C(=NOC)CC1N(CCC)C(=O)OCCCl)C32. The number of amides is 1. The molecule has 3 aliphatic rings. The van der Waals surface area contributed by atoms with E-state index in [4.69, 9.17) is 30.6 Å². The van der Waals surface area contributed by atoms with Crippen molar-refractivity contribution in [1.29, 1.82) is 0 Å². The molecule has 1 aromatic carbocycles. The van der Waals surface area contributed by atoms with Crippen LogP contribution in [0.15, 0.2) is 47.7 Å². The zero-order valence-corrected chi connectivity index (χ0v) is 27.3. The first-order valence-corrected chi connectivity index (χ1v) is 16.7. The molecule has 1 aliphatic heterocycles. The molecule has 1 fully saturated rings. The minimum absolute atomic E-state index is 0.0650. The van der Waals surface area contributed by atoms with Crippen LogP contribution in [0.5, 0.6) is 11.5 Å². The zero-order chi connectivity index (χ0) is 32.4. The van der Waals surface area contributed by atoms with Crippen molar-refractivity contribution >= 4 is 23.4 Å². The van der Waals surface area contributed by atoms with Gasteiger partial charge in [0.25, 0.3) is 0 Å². The number of rotatable bonds is 17. The van der Waals surface area contributed by atoms with Crippen molar-refractivity contribution in [3.05, 3.63) is 48.1 Å². The van der Waals surface area contributed by atoms with Crippen molar-refractivity contribution in [2.75, 3.05) is 46.0 Å². The molecule has 0 bridgehead atoms. The molecule has 45 heavy (non-hydrogen) atoms. The first-order valence-electron chi connectivity index (χ1n) is 16.2. The van der Waals surface area contributed by atoms with Gasteiger partial charge in [-0.2, -0.15) is 0 Å². The summed E-state index contributed by atoms with van der Waals surface area (Å²) >= 11 is 5.90. The summed E-state index contributed by atoms with van der Waals surface area (Å²) in [7, 11) is 1.51. The van der Waals surface area contributed by atoms with Crippen molar-refractivity contribution in [2.45, 2.75) is 76.0 Å². The first kappa shape index (κ1) is 35.1. The summed E-state index contributed by atoms with van der Waals surface area (Å²) in [5.41, 5.74) is 2.51. The van der Waals surface area contributed by atoms with E-state index in [1.165, 1.54) is 7.11 Å². The van der Waals surface area contributed by atoms with Gasteiger partial charge < -0.3 is 34.4 Å². The van der Waals surface area contributed by atoms with Crippen molar-refractivity contribution in [1.82, 2.24) is 4.90 Å². The van der Waals surface area contributed by atoms with E-state index in [1.54, 1.807) is 29.2 Å². The fourth-order valence-corrected chi connectivity index (χ4v) is 7.67. The number of unbranched alkanes of at least 4 members (excludes halogenated alkanes) is 2. The van der Waals surface area contributed by atoms with E-state index in [0.29, 0.717) is 43.7 Å². The van der Waals surface area contributed by atoms with Crippen molar-refractivity contribution in [3.63, 3.8) is 0 Å². The van der Waals surface area contributed by atoms with Gasteiger partial charge in [-0.1, -0.05) is 37.1 Å². The molecule has 1 saturated carbocycles. The number of aromatic hydroxyl groups is 1. The van der Waals surface area contributed by atoms with Crippen LogP contribution in [0.25, 0.3) is 0 Å². The lowest BCUT2D eigenvalue weighted by Crippen LogP contribution is -2.70. The normalized spacial score (nSPS) is 27.5. The third-order valence-corrected chi connectivity index (χ3v) is 9.39. The smallest absolute Gasteiger partial charge is 0.410 e. The average molecular weight is 649 g/mol. The van der Waals surface area contributed by atoms with Gasteiger partial charge in [0.15, 0.2) is 0 Å². The number of benzene rings is 1. The van der Waals surface area contributed by atoms with Crippen LogP contribution in [0.3, 0.4) is 0 Å². The summed E-state index contributed by atoms with van der Waals surface area (Å²) in [6, 6.07) is 4.51. The molecule has 250 valence electrons. The Morgan fingerprint density at radius 1 is 1.22 bits per heavy atom. The Bertz CT molecular complexity index is 1210. The van der Waals surface area contributed by atoms with E-state index in [-0.39, 0.29) is 55.8 Å². The molecular weight excluding hydrogens is 600 g/mol. The van der Waals surface area contributed by atoms with Gasteiger partial charge in [0.05, 0.1) is 24.1 Å². The predicted molar refractivity (Wildman–Crippen MR) is 173 cm³/mol. The van der Waals surface area contributed by atoms with Crippen LogP contribution in [-0.2, 0) is 14.3 Å². The summed E-state index contributed by atoms with van der Waals surface area (Å²) in [4.78, 5) is 20.8. The number of allylic oxidation sites excluding steroid dienone is 1. The number of aliphatic hydroxyl groups is 2. The molecule has 1 heterocycles. The molecular formula is C34H49ClN2O8. The number of phenolic OH excluding ortho intramolecular Hbond substituents is 1. The highest BCUT2D eigenvalue weighted by Crippen LogP contribution is 2.61. The molecule has 0 aromatic heterocycles. The summed E-state index contributed by atoms with van der Waals surface area (Å²) in [5, 5.41) is 34.5. The van der Waals surface area contributed by atoms with Crippen LogP contribution < -0.4 is 4.74 Å². The Labute approximate surface area is 271 Å². The molecule has 1 aromatic rings. The molecule has 11 heteroatoms. The second kappa shape index (κ2) is 16.7. The van der Waals surface area contributed by atoms with Gasteiger partial charge in [-0.05, 0) is 67.7 Å². The van der Waals surface area contributed by atoms with E-state index in [9.17, 15) is 20.1 Å². The number of fused-ring (bicyclic) bond motifs is 2. The van der Waals surface area contributed by atoms with Gasteiger partial charge >= 0.3 is 6.09 Å². The Morgan fingerprint density at radius 2 is 1.98 bits per heavy atom. The summed E-state index contributed by atoms with van der Waals surface area (Å²) in [6.07, 6.45) is 9.09. The number of ether oxygens (including phenoxy) is 3. The molecule has 3 N–H and O–H groups in total. The quantitative estimate of drug-likeness (QED) is 0.0844. The fourth-order valence-electron chi connectivity index (χ4n) is 7.59. The lowest BCUT2D eigenvalue weighted by Gasteiger charge is -2.59. The standard InChI is InChI=1S/C34H49ClN2O8/c1-4-15-37(33(41)43-19-14-35)30-22-28(36-42-3)26-20-23(10-6-8-16-38)25(11-7-9-17-39)31-27-21-24(40)12-13-29(27)45-34(30,32(26)31)44-18-5-2/h5,12-13,20-21,23,25,30-32,38-40H,2,4,6-11,14-19,22H2,1,3H3. The highest BCUT2D eigenvalue weighted by atomic mass is 35.5. The Kier molecular flexibility index (Phi) is 13.0. The molecule has 4 rings (SSSR count). The van der Waals surface area contributed by atoms with Crippen LogP contribution in [0, 0.1) is 17.8 Å². The van der Waals surface area contributed by atoms with E-state index in [2.05, 4.69) is 17.8 Å². The maximum atomic E-state index is 13.7. The number of halogens is 1. The van der Waals surface area contributed by atoms with E-state index in [1.807, 2.05) is 6.92 Å². The number of phenols is 1. The number of carbonyl (C=O) groups excluding carboxylic acids is 1. The molecule has 0 spiro atoms. The van der Waals surface area contributed by atoms with Crippen LogP contribution in [0.2, 0.25) is 0 Å². The minimum atomic E-state index is -1.35. The van der Waals surface area contributed by atoms with Gasteiger partial charge in [-0.3, -0.25) is 4.90 Å². The highest BCUT2D eigenvalue weighted by molar-refractivity contribution is 6.18. The number of hydrogen-bond acceptors (Lipinski definition) is 9. The molecule has 6 atom stereocenters. The lowest BCUT2D eigenvalue weighted by molar-refractivity contribution is -0.255. The van der Waals surface area contributed by atoms with E-state index in [0.717, 1.165) is 36.8 Å². The molecule has 0 radical (unpaired) electrons. The topological polar surface area (TPSA) is 130 Å². The number of nitrogens with zero attached hydrogens (tertiary/aromatic N) is 2. The summed E-state index contributed by atoms with van der Waals surface area (Å²) in [6.45, 7) is 6.76. The van der Waals surface area contributed by atoms with Gasteiger partial charge in [0.1, 0.15) is 31.3 Å². The minimum Gasteiger partial charge on any atom is -0.508 e. The van der Waals surface area contributed by atoms with E-state index < -0.39 is 23.8 Å². The second-order valence-corrected chi connectivity index (χ2v) is 12.4. The maximum absolute atomic E-state index is 13.7. The lowest BCUT2D eigenvalue weighted by atomic mass is 9.55. The number of aliphatic hydroxyl groups excluding tert-OH is 2. The summed E-state index contributed by atoms with van der Waals surface area (Å²) in [5.74, 6) is -0.854. The van der Waals surface area contributed by atoms with Gasteiger partial charge in [-0.25, -0.2) is 4.79 Å².